The summed E-state index contributed by atoms with van der Waals surface area (Å²) in [4.78, 5) is 11.7. The quantitative estimate of drug-likeness (QED) is 0.736. The minimum atomic E-state index is -0.221. The van der Waals surface area contributed by atoms with Gasteiger partial charge in [0.25, 0.3) is 0 Å². The van der Waals surface area contributed by atoms with E-state index in [9.17, 15) is 9.18 Å². The average molecular weight is 300 g/mol. The predicted molar refractivity (Wildman–Crippen MR) is 85.9 cm³/mol. The molecule has 2 N–H and O–H groups in total. The van der Waals surface area contributed by atoms with Gasteiger partial charge in [-0.05, 0) is 23.6 Å². The van der Waals surface area contributed by atoms with E-state index in [-0.39, 0.29) is 11.7 Å². The number of carbonyl (C=O) groups excluding carboxylic acids is 1. The molecule has 0 bridgehead atoms. The first kappa shape index (κ1) is 16.2. The topological polar surface area (TPSA) is 41.1 Å². The van der Waals surface area contributed by atoms with Gasteiger partial charge in [-0.1, -0.05) is 48.5 Å². The van der Waals surface area contributed by atoms with Crippen molar-refractivity contribution >= 4 is 5.91 Å². The maximum absolute atomic E-state index is 13.4. The van der Waals surface area contributed by atoms with Crippen LogP contribution in [0.4, 0.5) is 4.39 Å². The summed E-state index contributed by atoms with van der Waals surface area (Å²) in [5.74, 6) is -0.238. The molecule has 2 aromatic carbocycles. The van der Waals surface area contributed by atoms with Crippen molar-refractivity contribution in [3.05, 3.63) is 71.5 Å². The van der Waals surface area contributed by atoms with Crippen molar-refractivity contribution in [2.45, 2.75) is 19.4 Å². The van der Waals surface area contributed by atoms with Gasteiger partial charge in [-0.25, -0.2) is 4.39 Å². The Bertz CT molecular complexity index is 587. The molecule has 0 heterocycles. The van der Waals surface area contributed by atoms with Gasteiger partial charge < -0.3 is 10.6 Å². The largest absolute Gasteiger partial charge is 0.356 e. The second-order valence-electron chi connectivity index (χ2n) is 5.10. The fourth-order valence-electron chi connectivity index (χ4n) is 2.16. The van der Waals surface area contributed by atoms with Crippen LogP contribution in [-0.4, -0.2) is 19.0 Å². The number of amides is 1. The molecule has 0 atom stereocenters. The Labute approximate surface area is 130 Å². The van der Waals surface area contributed by atoms with E-state index < -0.39 is 0 Å². The standard InChI is InChI=1S/C18H21FN2O/c19-17-9-5-4-8-16(17)10-13-21-18(22)11-12-20-14-15-6-2-1-3-7-15/h1-9,20H,10-14H2,(H,21,22). The van der Waals surface area contributed by atoms with E-state index in [0.29, 0.717) is 31.5 Å². The lowest BCUT2D eigenvalue weighted by Crippen LogP contribution is -2.29. The third-order valence-corrected chi connectivity index (χ3v) is 3.38. The summed E-state index contributed by atoms with van der Waals surface area (Å²) in [5, 5.41) is 6.04. The zero-order valence-corrected chi connectivity index (χ0v) is 12.5. The number of nitrogens with one attached hydrogen (secondary N) is 2. The first-order chi connectivity index (χ1) is 10.8. The third-order valence-electron chi connectivity index (χ3n) is 3.38. The van der Waals surface area contributed by atoms with Gasteiger partial charge in [0, 0.05) is 26.1 Å². The van der Waals surface area contributed by atoms with E-state index >= 15 is 0 Å². The second-order valence-corrected chi connectivity index (χ2v) is 5.10. The van der Waals surface area contributed by atoms with E-state index in [1.807, 2.05) is 30.3 Å². The van der Waals surface area contributed by atoms with Crippen LogP contribution in [0.25, 0.3) is 0 Å². The molecule has 0 aromatic heterocycles. The van der Waals surface area contributed by atoms with E-state index in [0.717, 1.165) is 6.54 Å². The van der Waals surface area contributed by atoms with Crippen molar-refractivity contribution in [2.75, 3.05) is 13.1 Å². The summed E-state index contributed by atoms with van der Waals surface area (Å²) in [5.41, 5.74) is 1.83. The van der Waals surface area contributed by atoms with Crippen LogP contribution >= 0.6 is 0 Å². The molecule has 0 unspecified atom stereocenters. The number of rotatable bonds is 8. The highest BCUT2D eigenvalue weighted by atomic mass is 19.1. The van der Waals surface area contributed by atoms with Crippen molar-refractivity contribution in [1.29, 1.82) is 0 Å². The van der Waals surface area contributed by atoms with Gasteiger partial charge in [0.2, 0.25) is 5.91 Å². The lowest BCUT2D eigenvalue weighted by molar-refractivity contribution is -0.120. The van der Waals surface area contributed by atoms with E-state index in [2.05, 4.69) is 10.6 Å². The normalized spacial score (nSPS) is 10.4. The number of hydrogen-bond donors (Lipinski definition) is 2. The third kappa shape index (κ3) is 5.66. The van der Waals surface area contributed by atoms with Crippen LogP contribution in [0, 0.1) is 5.82 Å². The Balaban J connectivity index is 1.57. The fourth-order valence-corrected chi connectivity index (χ4v) is 2.16. The van der Waals surface area contributed by atoms with Gasteiger partial charge in [0.05, 0.1) is 0 Å². The fraction of sp³-hybridized carbons (Fsp3) is 0.278. The number of halogens is 1. The zero-order chi connectivity index (χ0) is 15.6. The molecule has 1 amide bonds. The molecule has 116 valence electrons. The minimum absolute atomic E-state index is 0.0168. The molecular weight excluding hydrogens is 279 g/mol. The van der Waals surface area contributed by atoms with Crippen LogP contribution in [-0.2, 0) is 17.8 Å². The highest BCUT2D eigenvalue weighted by Gasteiger charge is 2.03. The molecule has 0 aliphatic rings. The van der Waals surface area contributed by atoms with Crippen LogP contribution in [0.5, 0.6) is 0 Å². The summed E-state index contributed by atoms with van der Waals surface area (Å²) in [7, 11) is 0. The summed E-state index contributed by atoms with van der Waals surface area (Å²) >= 11 is 0. The van der Waals surface area contributed by atoms with Crippen LogP contribution in [0.3, 0.4) is 0 Å². The second kappa shape index (κ2) is 8.95. The Morgan fingerprint density at radius 2 is 1.68 bits per heavy atom. The van der Waals surface area contributed by atoms with Crippen LogP contribution in [0.1, 0.15) is 17.5 Å². The highest BCUT2D eigenvalue weighted by Crippen LogP contribution is 2.06. The van der Waals surface area contributed by atoms with Crippen LogP contribution < -0.4 is 10.6 Å². The van der Waals surface area contributed by atoms with Gasteiger partial charge in [-0.2, -0.15) is 0 Å². The number of carbonyl (C=O) groups is 1. The van der Waals surface area contributed by atoms with Crippen molar-refractivity contribution in [1.82, 2.24) is 10.6 Å². The molecule has 4 heteroatoms. The molecule has 2 aromatic rings. The van der Waals surface area contributed by atoms with Crippen molar-refractivity contribution in [3.8, 4) is 0 Å². The Kier molecular flexibility index (Phi) is 6.58. The molecule has 0 radical (unpaired) electrons. The van der Waals surface area contributed by atoms with Crippen molar-refractivity contribution in [2.24, 2.45) is 0 Å². The maximum atomic E-state index is 13.4. The molecule has 22 heavy (non-hydrogen) atoms. The Hall–Kier alpha value is -2.20. The van der Waals surface area contributed by atoms with E-state index in [1.165, 1.54) is 11.6 Å². The van der Waals surface area contributed by atoms with Crippen LogP contribution in [0.2, 0.25) is 0 Å². The predicted octanol–water partition coefficient (Wildman–Crippen LogP) is 2.66. The lowest BCUT2D eigenvalue weighted by atomic mass is 10.1. The molecule has 0 aliphatic heterocycles. The van der Waals surface area contributed by atoms with Gasteiger partial charge >= 0.3 is 0 Å². The smallest absolute Gasteiger partial charge is 0.221 e. The molecule has 0 fully saturated rings. The molecular formula is C18H21FN2O. The van der Waals surface area contributed by atoms with Gasteiger partial charge in [0.1, 0.15) is 5.82 Å². The Morgan fingerprint density at radius 1 is 0.955 bits per heavy atom. The van der Waals surface area contributed by atoms with E-state index in [4.69, 9.17) is 0 Å². The summed E-state index contributed by atoms with van der Waals surface area (Å²) in [6.45, 7) is 1.84. The maximum Gasteiger partial charge on any atom is 0.221 e. The van der Waals surface area contributed by atoms with Gasteiger partial charge in [-0.15, -0.1) is 0 Å². The Morgan fingerprint density at radius 3 is 2.45 bits per heavy atom. The van der Waals surface area contributed by atoms with Crippen molar-refractivity contribution in [3.63, 3.8) is 0 Å². The summed E-state index contributed by atoms with van der Waals surface area (Å²) < 4.78 is 13.4. The molecule has 0 spiro atoms. The van der Waals surface area contributed by atoms with Crippen molar-refractivity contribution < 1.29 is 9.18 Å². The monoisotopic (exact) mass is 300 g/mol. The molecule has 0 aliphatic carbocycles. The molecule has 3 nitrogen and oxygen atoms in total. The molecule has 0 saturated heterocycles. The molecule has 0 saturated carbocycles. The first-order valence-electron chi connectivity index (χ1n) is 7.50. The zero-order valence-electron chi connectivity index (χ0n) is 12.5. The van der Waals surface area contributed by atoms with E-state index in [1.54, 1.807) is 18.2 Å². The molecule has 2 rings (SSSR count). The van der Waals surface area contributed by atoms with Gasteiger partial charge in [0.15, 0.2) is 0 Å². The summed E-state index contributed by atoms with van der Waals surface area (Å²) in [6, 6.07) is 16.7. The lowest BCUT2D eigenvalue weighted by Gasteiger charge is -2.07. The SMILES string of the molecule is O=C(CCNCc1ccccc1)NCCc1ccccc1F. The summed E-state index contributed by atoms with van der Waals surface area (Å²) in [6.07, 6.45) is 0.931. The average Bonchev–Trinajstić information content (AvgIpc) is 2.54. The minimum Gasteiger partial charge on any atom is -0.356 e. The highest BCUT2D eigenvalue weighted by molar-refractivity contribution is 5.76. The number of hydrogen-bond acceptors (Lipinski definition) is 2. The number of benzene rings is 2. The van der Waals surface area contributed by atoms with Crippen LogP contribution in [0.15, 0.2) is 54.6 Å². The first-order valence-corrected chi connectivity index (χ1v) is 7.50. The van der Waals surface area contributed by atoms with Gasteiger partial charge in [-0.3, -0.25) is 4.79 Å².